The van der Waals surface area contributed by atoms with Gasteiger partial charge in [0.25, 0.3) is 0 Å². The maximum Gasteiger partial charge on any atom is 0.194 e. The van der Waals surface area contributed by atoms with Crippen LogP contribution >= 0.6 is 12.2 Å². The van der Waals surface area contributed by atoms with Crippen molar-refractivity contribution in [1.29, 1.82) is 0 Å². The van der Waals surface area contributed by atoms with Crippen LogP contribution in [-0.2, 0) is 6.54 Å². The Balaban J connectivity index is 1.97. The molecule has 0 spiro atoms. The van der Waals surface area contributed by atoms with Crippen LogP contribution in [0.15, 0.2) is 6.33 Å². The molecule has 78 valence electrons. The Morgan fingerprint density at radius 3 is 2.86 bits per heavy atom. The Labute approximate surface area is 88.9 Å². The lowest BCUT2D eigenvalue weighted by molar-refractivity contribution is 0.235. The molecule has 0 aliphatic carbocycles. The Morgan fingerprint density at radius 1 is 1.57 bits per heavy atom. The van der Waals surface area contributed by atoms with Gasteiger partial charge in [-0.2, -0.15) is 5.10 Å². The molecule has 1 aliphatic heterocycles. The van der Waals surface area contributed by atoms with Gasteiger partial charge in [-0.3, -0.25) is 10.00 Å². The number of hydrogen-bond donors (Lipinski definition) is 1. The van der Waals surface area contributed by atoms with E-state index >= 15 is 0 Å². The lowest BCUT2D eigenvalue weighted by Crippen LogP contribution is -2.33. The first-order chi connectivity index (χ1) is 6.77. The summed E-state index contributed by atoms with van der Waals surface area (Å²) in [5, 5.41) is 6.69. The molecule has 0 saturated carbocycles. The van der Waals surface area contributed by atoms with Gasteiger partial charge in [-0.25, -0.2) is 0 Å². The van der Waals surface area contributed by atoms with E-state index in [0.29, 0.717) is 6.04 Å². The second-order valence-corrected chi connectivity index (χ2v) is 4.29. The quantitative estimate of drug-likeness (QED) is 0.770. The molecule has 5 heteroatoms. The van der Waals surface area contributed by atoms with Crippen LogP contribution in [0.3, 0.4) is 0 Å². The minimum atomic E-state index is 0.557. The molecular formula is C9H16N4S. The van der Waals surface area contributed by atoms with Crippen LogP contribution in [0.4, 0.5) is 0 Å². The second-order valence-electron chi connectivity index (χ2n) is 3.91. The highest BCUT2D eigenvalue weighted by Gasteiger charge is 2.18. The summed E-state index contributed by atoms with van der Waals surface area (Å²) in [6, 6.07) is 0.557. The van der Waals surface area contributed by atoms with Crippen LogP contribution in [0.5, 0.6) is 0 Å². The molecule has 4 nitrogen and oxygen atoms in total. The molecule has 1 fully saturated rings. The Hall–Kier alpha value is -0.680. The molecule has 1 N–H and O–H groups in total. The molecule has 14 heavy (non-hydrogen) atoms. The SMILES string of the molecule is CC(Cn1cn[nH]c1=S)N1CCCC1. The zero-order valence-corrected chi connectivity index (χ0v) is 9.26. The van der Waals surface area contributed by atoms with Crippen LogP contribution < -0.4 is 0 Å². The van der Waals surface area contributed by atoms with Gasteiger partial charge in [0.1, 0.15) is 6.33 Å². The van der Waals surface area contributed by atoms with E-state index in [4.69, 9.17) is 12.2 Å². The molecule has 1 aromatic rings. The third kappa shape index (κ3) is 2.04. The summed E-state index contributed by atoms with van der Waals surface area (Å²) < 4.78 is 2.72. The number of hydrogen-bond acceptors (Lipinski definition) is 3. The third-order valence-electron chi connectivity index (χ3n) is 2.84. The highest BCUT2D eigenvalue weighted by Crippen LogP contribution is 2.12. The summed E-state index contributed by atoms with van der Waals surface area (Å²) in [6.07, 6.45) is 4.44. The van der Waals surface area contributed by atoms with Crippen molar-refractivity contribution in [2.24, 2.45) is 0 Å². The van der Waals surface area contributed by atoms with Crippen molar-refractivity contribution in [3.8, 4) is 0 Å². The van der Waals surface area contributed by atoms with Crippen LogP contribution in [0, 0.1) is 4.77 Å². The fourth-order valence-electron chi connectivity index (χ4n) is 1.98. The van der Waals surface area contributed by atoms with Crippen LogP contribution in [-0.4, -0.2) is 38.8 Å². The predicted molar refractivity (Wildman–Crippen MR) is 57.7 cm³/mol. The van der Waals surface area contributed by atoms with E-state index in [1.54, 1.807) is 6.33 Å². The van der Waals surface area contributed by atoms with Gasteiger partial charge in [0.05, 0.1) is 0 Å². The van der Waals surface area contributed by atoms with E-state index in [-0.39, 0.29) is 0 Å². The first kappa shape index (κ1) is 9.86. The number of nitrogens with one attached hydrogen (secondary N) is 1. The molecule has 1 atom stereocenters. The van der Waals surface area contributed by atoms with E-state index in [9.17, 15) is 0 Å². The van der Waals surface area contributed by atoms with Crippen molar-refractivity contribution in [1.82, 2.24) is 19.7 Å². The van der Waals surface area contributed by atoms with Crippen molar-refractivity contribution in [3.63, 3.8) is 0 Å². The molecule has 2 heterocycles. The molecule has 2 rings (SSSR count). The van der Waals surface area contributed by atoms with Crippen LogP contribution in [0.25, 0.3) is 0 Å². The predicted octanol–water partition coefficient (Wildman–Crippen LogP) is 1.42. The fourth-order valence-corrected chi connectivity index (χ4v) is 2.16. The van der Waals surface area contributed by atoms with E-state index in [0.717, 1.165) is 11.3 Å². The zero-order valence-electron chi connectivity index (χ0n) is 8.44. The van der Waals surface area contributed by atoms with Gasteiger partial charge in [-0.15, -0.1) is 0 Å². The lowest BCUT2D eigenvalue weighted by Gasteiger charge is -2.23. The van der Waals surface area contributed by atoms with Crippen molar-refractivity contribution < 1.29 is 0 Å². The van der Waals surface area contributed by atoms with Gasteiger partial charge in [0.15, 0.2) is 4.77 Å². The molecule has 0 aromatic carbocycles. The number of rotatable bonds is 3. The fraction of sp³-hybridized carbons (Fsp3) is 0.778. The average Bonchev–Trinajstić information content (AvgIpc) is 2.77. The lowest BCUT2D eigenvalue weighted by atomic mass is 10.3. The topological polar surface area (TPSA) is 36.9 Å². The standard InChI is InChI=1S/C9H16N4S/c1-8(12-4-2-3-5-12)6-13-7-10-11-9(13)14/h7-8H,2-6H2,1H3,(H,11,14). The van der Waals surface area contributed by atoms with Crippen molar-refractivity contribution in [3.05, 3.63) is 11.1 Å². The first-order valence-corrected chi connectivity index (χ1v) is 5.52. The van der Waals surface area contributed by atoms with E-state index in [1.807, 2.05) is 4.57 Å². The van der Waals surface area contributed by atoms with Gasteiger partial charge in [0.2, 0.25) is 0 Å². The Morgan fingerprint density at radius 2 is 2.29 bits per heavy atom. The summed E-state index contributed by atoms with van der Waals surface area (Å²) in [6.45, 7) is 5.65. The van der Waals surface area contributed by atoms with Crippen molar-refractivity contribution >= 4 is 12.2 Å². The van der Waals surface area contributed by atoms with Gasteiger partial charge >= 0.3 is 0 Å². The third-order valence-corrected chi connectivity index (χ3v) is 3.17. The van der Waals surface area contributed by atoms with E-state index < -0.39 is 0 Å². The smallest absolute Gasteiger partial charge is 0.194 e. The van der Waals surface area contributed by atoms with Gasteiger partial charge in [0, 0.05) is 12.6 Å². The van der Waals surface area contributed by atoms with Gasteiger partial charge < -0.3 is 4.57 Å². The van der Waals surface area contributed by atoms with Gasteiger partial charge in [-0.05, 0) is 45.1 Å². The van der Waals surface area contributed by atoms with Gasteiger partial charge in [-0.1, -0.05) is 0 Å². The monoisotopic (exact) mass is 212 g/mol. The number of nitrogens with zero attached hydrogens (tertiary/aromatic N) is 3. The second kappa shape index (κ2) is 4.23. The Bertz CT molecular complexity index is 337. The number of aromatic nitrogens is 3. The summed E-state index contributed by atoms with van der Waals surface area (Å²) in [7, 11) is 0. The molecule has 1 unspecified atom stereocenters. The maximum absolute atomic E-state index is 5.10. The molecule has 0 amide bonds. The average molecular weight is 212 g/mol. The van der Waals surface area contributed by atoms with E-state index in [1.165, 1.54) is 25.9 Å². The largest absolute Gasteiger partial charge is 0.305 e. The van der Waals surface area contributed by atoms with Crippen molar-refractivity contribution in [2.75, 3.05) is 13.1 Å². The Kier molecular flexibility index (Phi) is 2.98. The summed E-state index contributed by atoms with van der Waals surface area (Å²) in [4.78, 5) is 2.51. The molecule has 1 aromatic heterocycles. The summed E-state index contributed by atoms with van der Waals surface area (Å²) in [5.41, 5.74) is 0. The summed E-state index contributed by atoms with van der Waals surface area (Å²) in [5.74, 6) is 0. The maximum atomic E-state index is 5.10. The van der Waals surface area contributed by atoms with E-state index in [2.05, 4.69) is 22.0 Å². The number of likely N-dealkylation sites (tertiary alicyclic amines) is 1. The van der Waals surface area contributed by atoms with Crippen molar-refractivity contribution in [2.45, 2.75) is 32.4 Å². The highest BCUT2D eigenvalue weighted by atomic mass is 32.1. The first-order valence-electron chi connectivity index (χ1n) is 5.11. The highest BCUT2D eigenvalue weighted by molar-refractivity contribution is 7.71. The molecular weight excluding hydrogens is 196 g/mol. The molecule has 0 radical (unpaired) electrons. The van der Waals surface area contributed by atoms with Crippen LogP contribution in [0.2, 0.25) is 0 Å². The zero-order chi connectivity index (χ0) is 9.97. The minimum absolute atomic E-state index is 0.557. The molecule has 1 saturated heterocycles. The molecule has 0 bridgehead atoms. The minimum Gasteiger partial charge on any atom is -0.305 e. The summed E-state index contributed by atoms with van der Waals surface area (Å²) >= 11 is 5.10. The molecule has 1 aliphatic rings. The van der Waals surface area contributed by atoms with Crippen LogP contribution in [0.1, 0.15) is 19.8 Å². The number of aromatic amines is 1. The number of H-pyrrole nitrogens is 1. The normalized spacial score (nSPS) is 20.1.